The lowest BCUT2D eigenvalue weighted by molar-refractivity contribution is 0.0959. The van der Waals surface area contributed by atoms with Crippen molar-refractivity contribution in [3.8, 4) is 0 Å². The van der Waals surface area contributed by atoms with Crippen LogP contribution in [-0.4, -0.2) is 43.8 Å². The summed E-state index contributed by atoms with van der Waals surface area (Å²) in [5, 5.41) is 0. The highest BCUT2D eigenvalue weighted by atomic mass is 16.5. The zero-order valence-electron chi connectivity index (χ0n) is 12.5. The maximum Gasteiger partial charge on any atom is 0.0593 e. The highest BCUT2D eigenvalue weighted by Gasteiger charge is 2.28. The first kappa shape index (κ1) is 15.9. The van der Waals surface area contributed by atoms with E-state index in [-0.39, 0.29) is 0 Å². The van der Waals surface area contributed by atoms with E-state index in [2.05, 4.69) is 25.7 Å². The molecule has 0 aliphatic heterocycles. The summed E-state index contributed by atoms with van der Waals surface area (Å²) in [4.78, 5) is 2.50. The van der Waals surface area contributed by atoms with Crippen molar-refractivity contribution < 1.29 is 4.74 Å². The first-order valence-corrected chi connectivity index (χ1v) is 7.76. The van der Waals surface area contributed by atoms with Crippen molar-refractivity contribution in [2.75, 3.05) is 32.8 Å². The van der Waals surface area contributed by atoms with Gasteiger partial charge in [-0.15, -0.1) is 0 Å². The summed E-state index contributed by atoms with van der Waals surface area (Å²) >= 11 is 0. The Hall–Kier alpha value is -0.120. The first-order valence-electron chi connectivity index (χ1n) is 7.76. The number of likely N-dealkylation sites (N-methyl/N-ethyl adjacent to an activating group) is 1. The highest BCUT2D eigenvalue weighted by Crippen LogP contribution is 2.30. The number of nitrogens with two attached hydrogens (primary N) is 1. The molecule has 3 atom stereocenters. The Morgan fingerprint density at radius 1 is 1.22 bits per heavy atom. The Labute approximate surface area is 113 Å². The van der Waals surface area contributed by atoms with Crippen molar-refractivity contribution in [3.63, 3.8) is 0 Å². The largest absolute Gasteiger partial charge is 0.380 e. The van der Waals surface area contributed by atoms with Crippen molar-refractivity contribution in [1.29, 1.82) is 0 Å². The van der Waals surface area contributed by atoms with E-state index in [0.29, 0.717) is 12.0 Å². The summed E-state index contributed by atoms with van der Waals surface area (Å²) in [6.45, 7) is 11.6. The van der Waals surface area contributed by atoms with Crippen LogP contribution in [0.5, 0.6) is 0 Å². The molecule has 108 valence electrons. The van der Waals surface area contributed by atoms with Crippen LogP contribution in [0.2, 0.25) is 0 Å². The van der Waals surface area contributed by atoms with Gasteiger partial charge in [-0.1, -0.05) is 20.3 Å². The SMILES string of the molecule is CCOCCN(CC)CC1CC(CC)CCC1N. The topological polar surface area (TPSA) is 38.5 Å². The van der Waals surface area contributed by atoms with E-state index in [4.69, 9.17) is 10.5 Å². The minimum Gasteiger partial charge on any atom is -0.380 e. The molecule has 3 nitrogen and oxygen atoms in total. The normalized spacial score (nSPS) is 28.8. The van der Waals surface area contributed by atoms with Gasteiger partial charge in [-0.2, -0.15) is 0 Å². The van der Waals surface area contributed by atoms with Gasteiger partial charge in [0.05, 0.1) is 6.61 Å². The van der Waals surface area contributed by atoms with Crippen molar-refractivity contribution in [2.45, 2.75) is 52.5 Å². The molecule has 0 saturated heterocycles. The molecule has 0 aromatic heterocycles. The van der Waals surface area contributed by atoms with Crippen LogP contribution in [0, 0.1) is 11.8 Å². The van der Waals surface area contributed by atoms with Gasteiger partial charge < -0.3 is 15.4 Å². The maximum absolute atomic E-state index is 6.30. The third-order valence-electron chi connectivity index (χ3n) is 4.42. The highest BCUT2D eigenvalue weighted by molar-refractivity contribution is 4.84. The number of rotatable bonds is 8. The molecular formula is C15H32N2O. The number of hydrogen-bond donors (Lipinski definition) is 1. The van der Waals surface area contributed by atoms with Crippen LogP contribution < -0.4 is 5.73 Å². The molecule has 18 heavy (non-hydrogen) atoms. The fraction of sp³-hybridized carbons (Fsp3) is 1.00. The van der Waals surface area contributed by atoms with Crippen molar-refractivity contribution in [3.05, 3.63) is 0 Å². The molecule has 0 aromatic carbocycles. The average molecular weight is 256 g/mol. The van der Waals surface area contributed by atoms with E-state index in [1.165, 1.54) is 25.7 Å². The molecule has 3 unspecified atom stereocenters. The lowest BCUT2D eigenvalue weighted by Gasteiger charge is -2.36. The Balaban J connectivity index is 2.36. The molecule has 1 saturated carbocycles. The number of hydrogen-bond acceptors (Lipinski definition) is 3. The second-order valence-corrected chi connectivity index (χ2v) is 5.60. The monoisotopic (exact) mass is 256 g/mol. The van der Waals surface area contributed by atoms with Gasteiger partial charge in [0.25, 0.3) is 0 Å². The van der Waals surface area contributed by atoms with Gasteiger partial charge in [0.2, 0.25) is 0 Å². The smallest absolute Gasteiger partial charge is 0.0593 e. The number of nitrogens with zero attached hydrogens (tertiary/aromatic N) is 1. The predicted molar refractivity (Wildman–Crippen MR) is 77.7 cm³/mol. The number of ether oxygens (including phenoxy) is 1. The van der Waals surface area contributed by atoms with Gasteiger partial charge in [0.15, 0.2) is 0 Å². The van der Waals surface area contributed by atoms with Gasteiger partial charge in [-0.3, -0.25) is 0 Å². The molecule has 3 heteroatoms. The standard InChI is InChI=1S/C15H32N2O/c1-4-13-7-8-15(16)14(11-13)12-17(5-2)9-10-18-6-3/h13-15H,4-12,16H2,1-3H3. The summed E-state index contributed by atoms with van der Waals surface area (Å²) in [5.41, 5.74) is 6.30. The molecule has 1 aliphatic rings. The van der Waals surface area contributed by atoms with Crippen LogP contribution in [0.25, 0.3) is 0 Å². The third kappa shape index (κ3) is 5.25. The molecule has 0 radical (unpaired) electrons. The van der Waals surface area contributed by atoms with Gasteiger partial charge in [0, 0.05) is 25.7 Å². The molecular weight excluding hydrogens is 224 g/mol. The van der Waals surface area contributed by atoms with Crippen molar-refractivity contribution >= 4 is 0 Å². The van der Waals surface area contributed by atoms with Crippen LogP contribution in [0.1, 0.15) is 46.5 Å². The van der Waals surface area contributed by atoms with E-state index in [0.717, 1.165) is 38.8 Å². The maximum atomic E-state index is 6.30. The Morgan fingerprint density at radius 2 is 2.00 bits per heavy atom. The molecule has 1 aliphatic carbocycles. The van der Waals surface area contributed by atoms with E-state index >= 15 is 0 Å². The third-order valence-corrected chi connectivity index (χ3v) is 4.42. The summed E-state index contributed by atoms with van der Waals surface area (Å²) in [5.74, 6) is 1.59. The molecule has 1 fully saturated rings. The molecule has 0 bridgehead atoms. The van der Waals surface area contributed by atoms with Gasteiger partial charge in [0.1, 0.15) is 0 Å². The second-order valence-electron chi connectivity index (χ2n) is 5.60. The van der Waals surface area contributed by atoms with E-state index in [9.17, 15) is 0 Å². The second kappa shape index (κ2) is 8.89. The molecule has 2 N–H and O–H groups in total. The van der Waals surface area contributed by atoms with Crippen LogP contribution in [0.3, 0.4) is 0 Å². The zero-order chi connectivity index (χ0) is 13.4. The van der Waals surface area contributed by atoms with Crippen LogP contribution in [0.4, 0.5) is 0 Å². The fourth-order valence-corrected chi connectivity index (χ4v) is 3.01. The Bertz CT molecular complexity index is 211. The van der Waals surface area contributed by atoms with Crippen molar-refractivity contribution in [2.24, 2.45) is 17.6 Å². The van der Waals surface area contributed by atoms with Crippen LogP contribution >= 0.6 is 0 Å². The van der Waals surface area contributed by atoms with E-state index in [1.54, 1.807) is 0 Å². The average Bonchev–Trinajstić information content (AvgIpc) is 2.40. The summed E-state index contributed by atoms with van der Waals surface area (Å²) < 4.78 is 5.45. The Kier molecular flexibility index (Phi) is 7.87. The van der Waals surface area contributed by atoms with Crippen LogP contribution in [-0.2, 0) is 4.74 Å². The van der Waals surface area contributed by atoms with Crippen molar-refractivity contribution in [1.82, 2.24) is 4.90 Å². The molecule has 0 spiro atoms. The Morgan fingerprint density at radius 3 is 2.61 bits per heavy atom. The van der Waals surface area contributed by atoms with E-state index in [1.807, 2.05) is 0 Å². The molecule has 1 rings (SSSR count). The quantitative estimate of drug-likeness (QED) is 0.678. The minimum absolute atomic E-state index is 0.411. The summed E-state index contributed by atoms with van der Waals surface area (Å²) in [6.07, 6.45) is 5.18. The lowest BCUT2D eigenvalue weighted by Crippen LogP contribution is -2.43. The van der Waals surface area contributed by atoms with Gasteiger partial charge >= 0.3 is 0 Å². The fourth-order valence-electron chi connectivity index (χ4n) is 3.01. The molecule has 0 aromatic rings. The lowest BCUT2D eigenvalue weighted by atomic mass is 9.77. The minimum atomic E-state index is 0.411. The molecule has 0 amide bonds. The summed E-state index contributed by atoms with van der Waals surface area (Å²) in [7, 11) is 0. The summed E-state index contributed by atoms with van der Waals surface area (Å²) in [6, 6.07) is 0.411. The predicted octanol–water partition coefficient (Wildman–Crippen LogP) is 2.50. The zero-order valence-corrected chi connectivity index (χ0v) is 12.5. The van der Waals surface area contributed by atoms with Crippen LogP contribution in [0.15, 0.2) is 0 Å². The first-order chi connectivity index (χ1) is 8.71. The van der Waals surface area contributed by atoms with E-state index < -0.39 is 0 Å². The molecule has 0 heterocycles. The van der Waals surface area contributed by atoms with Gasteiger partial charge in [-0.05, 0) is 44.6 Å². The van der Waals surface area contributed by atoms with Gasteiger partial charge in [-0.25, -0.2) is 0 Å².